The highest BCUT2D eigenvalue weighted by molar-refractivity contribution is 7.80. The van der Waals surface area contributed by atoms with Crippen LogP contribution in [0.3, 0.4) is 0 Å². The van der Waals surface area contributed by atoms with Crippen LogP contribution in [0, 0.1) is 11.8 Å². The molecule has 0 unspecified atom stereocenters. The summed E-state index contributed by atoms with van der Waals surface area (Å²) in [5.74, 6) is 1.24. The first-order valence-corrected chi connectivity index (χ1v) is 8.41. The maximum atomic E-state index is 5.65. The quantitative estimate of drug-likeness (QED) is 0.668. The Morgan fingerprint density at radius 3 is 2.55 bits per heavy atom. The average molecular weight is 290 g/mol. The van der Waals surface area contributed by atoms with E-state index < -0.39 is 0 Å². The van der Waals surface area contributed by atoms with Crippen molar-refractivity contribution in [3.8, 4) is 0 Å². The number of hydrogen-bond donors (Lipinski definition) is 0. The summed E-state index contributed by atoms with van der Waals surface area (Å²) >= 11 is 5.52. The highest BCUT2D eigenvalue weighted by atomic mass is 32.1. The standard InChI is InChI=1S/C18H26OS/c1-2-19-18(20)17(13-15-9-5-3-6-10-15)14-16-11-7-4-8-12-16/h3,5-6,9-10,16-17H,2,4,7-8,11-14H2,1H3/t17-/m0/s1. The Kier molecular flexibility index (Phi) is 6.52. The fourth-order valence-electron chi connectivity index (χ4n) is 3.25. The van der Waals surface area contributed by atoms with Crippen LogP contribution in [0.15, 0.2) is 30.3 Å². The van der Waals surface area contributed by atoms with Gasteiger partial charge in [0.2, 0.25) is 0 Å². The van der Waals surface area contributed by atoms with Crippen LogP contribution in [-0.4, -0.2) is 11.7 Å². The van der Waals surface area contributed by atoms with Gasteiger partial charge in [-0.1, -0.05) is 62.4 Å². The van der Waals surface area contributed by atoms with Crippen molar-refractivity contribution in [1.82, 2.24) is 0 Å². The van der Waals surface area contributed by atoms with Crippen LogP contribution in [0.2, 0.25) is 0 Å². The molecule has 20 heavy (non-hydrogen) atoms. The van der Waals surface area contributed by atoms with Gasteiger partial charge in [-0.15, -0.1) is 0 Å². The van der Waals surface area contributed by atoms with E-state index in [1.165, 1.54) is 44.1 Å². The third-order valence-corrected chi connectivity index (χ3v) is 4.74. The van der Waals surface area contributed by atoms with E-state index in [9.17, 15) is 0 Å². The Balaban J connectivity index is 1.98. The molecular weight excluding hydrogens is 264 g/mol. The van der Waals surface area contributed by atoms with Crippen molar-refractivity contribution in [1.29, 1.82) is 0 Å². The zero-order valence-electron chi connectivity index (χ0n) is 12.5. The molecule has 1 saturated carbocycles. The molecule has 0 aromatic heterocycles. The molecule has 1 aromatic carbocycles. The molecule has 0 heterocycles. The highest BCUT2D eigenvalue weighted by Crippen LogP contribution is 2.31. The molecule has 0 aliphatic heterocycles. The molecule has 110 valence electrons. The number of hydrogen-bond acceptors (Lipinski definition) is 2. The van der Waals surface area contributed by atoms with Gasteiger partial charge in [0.05, 0.1) is 6.61 Å². The van der Waals surface area contributed by atoms with Gasteiger partial charge in [-0.3, -0.25) is 0 Å². The Morgan fingerprint density at radius 1 is 1.20 bits per heavy atom. The largest absolute Gasteiger partial charge is 0.487 e. The summed E-state index contributed by atoms with van der Waals surface area (Å²) < 4.78 is 5.65. The van der Waals surface area contributed by atoms with Gasteiger partial charge in [0, 0.05) is 5.92 Å². The number of benzene rings is 1. The van der Waals surface area contributed by atoms with Crippen LogP contribution in [0.25, 0.3) is 0 Å². The maximum Gasteiger partial charge on any atom is 0.163 e. The molecule has 0 radical (unpaired) electrons. The van der Waals surface area contributed by atoms with Gasteiger partial charge in [-0.05, 0) is 43.5 Å². The first-order chi connectivity index (χ1) is 9.79. The van der Waals surface area contributed by atoms with Gasteiger partial charge in [-0.25, -0.2) is 0 Å². The predicted octanol–water partition coefficient (Wildman–Crippen LogP) is 5.18. The normalized spacial score (nSPS) is 17.6. The molecule has 0 saturated heterocycles. The Hall–Kier alpha value is -0.890. The molecule has 1 fully saturated rings. The summed E-state index contributed by atoms with van der Waals surface area (Å²) in [7, 11) is 0. The van der Waals surface area contributed by atoms with Crippen LogP contribution in [0.1, 0.15) is 51.0 Å². The summed E-state index contributed by atoms with van der Waals surface area (Å²) in [6.45, 7) is 2.71. The summed E-state index contributed by atoms with van der Waals surface area (Å²) in [5, 5.41) is 0.821. The van der Waals surface area contributed by atoms with Crippen molar-refractivity contribution in [3.05, 3.63) is 35.9 Å². The van der Waals surface area contributed by atoms with Crippen LogP contribution in [0.4, 0.5) is 0 Å². The molecule has 1 atom stereocenters. The molecule has 0 amide bonds. The molecular formula is C18H26OS. The molecule has 1 aliphatic carbocycles. The van der Waals surface area contributed by atoms with E-state index in [1.54, 1.807) is 0 Å². The van der Waals surface area contributed by atoms with Crippen LogP contribution < -0.4 is 0 Å². The van der Waals surface area contributed by atoms with Crippen molar-refractivity contribution < 1.29 is 4.74 Å². The lowest BCUT2D eigenvalue weighted by atomic mass is 9.81. The van der Waals surface area contributed by atoms with Gasteiger partial charge < -0.3 is 4.74 Å². The minimum Gasteiger partial charge on any atom is -0.487 e. The molecule has 2 rings (SSSR count). The van der Waals surface area contributed by atoms with Crippen LogP contribution in [0.5, 0.6) is 0 Å². The Bertz CT molecular complexity index is 395. The van der Waals surface area contributed by atoms with E-state index >= 15 is 0 Å². The smallest absolute Gasteiger partial charge is 0.163 e. The minimum absolute atomic E-state index is 0.399. The van der Waals surface area contributed by atoms with E-state index in [0.717, 1.165) is 17.4 Å². The molecule has 1 aromatic rings. The van der Waals surface area contributed by atoms with Crippen molar-refractivity contribution in [2.75, 3.05) is 6.61 Å². The van der Waals surface area contributed by atoms with E-state index in [1.807, 2.05) is 6.92 Å². The van der Waals surface area contributed by atoms with Crippen molar-refractivity contribution in [3.63, 3.8) is 0 Å². The first-order valence-electron chi connectivity index (χ1n) is 8.00. The zero-order chi connectivity index (χ0) is 14.2. The predicted molar refractivity (Wildman–Crippen MR) is 89.1 cm³/mol. The minimum atomic E-state index is 0.399. The van der Waals surface area contributed by atoms with Crippen molar-refractivity contribution >= 4 is 17.3 Å². The lowest BCUT2D eigenvalue weighted by Gasteiger charge is -2.27. The summed E-state index contributed by atoms with van der Waals surface area (Å²) in [6.07, 6.45) is 9.17. The molecule has 0 bridgehead atoms. The summed E-state index contributed by atoms with van der Waals surface area (Å²) in [4.78, 5) is 0. The van der Waals surface area contributed by atoms with Crippen LogP contribution in [-0.2, 0) is 11.2 Å². The second kappa shape index (κ2) is 8.41. The molecule has 0 N–H and O–H groups in total. The molecule has 1 nitrogen and oxygen atoms in total. The second-order valence-corrected chi connectivity index (χ2v) is 6.28. The van der Waals surface area contributed by atoms with E-state index in [-0.39, 0.29) is 0 Å². The van der Waals surface area contributed by atoms with E-state index in [4.69, 9.17) is 17.0 Å². The zero-order valence-corrected chi connectivity index (χ0v) is 13.3. The van der Waals surface area contributed by atoms with Gasteiger partial charge >= 0.3 is 0 Å². The number of rotatable bonds is 6. The second-order valence-electron chi connectivity index (χ2n) is 5.88. The van der Waals surface area contributed by atoms with Gasteiger partial charge in [0.1, 0.15) is 0 Å². The lowest BCUT2D eigenvalue weighted by molar-refractivity contribution is 0.271. The van der Waals surface area contributed by atoms with Gasteiger partial charge in [0.15, 0.2) is 5.05 Å². The fraction of sp³-hybridized carbons (Fsp3) is 0.611. The first kappa shape index (κ1) is 15.5. The summed E-state index contributed by atoms with van der Waals surface area (Å²) in [5.41, 5.74) is 1.37. The lowest BCUT2D eigenvalue weighted by Crippen LogP contribution is -2.22. The summed E-state index contributed by atoms with van der Waals surface area (Å²) in [6, 6.07) is 10.7. The van der Waals surface area contributed by atoms with Gasteiger partial charge in [0.25, 0.3) is 0 Å². The molecule has 1 aliphatic rings. The van der Waals surface area contributed by atoms with E-state index in [0.29, 0.717) is 12.5 Å². The Labute approximate surface area is 128 Å². The van der Waals surface area contributed by atoms with Gasteiger partial charge in [-0.2, -0.15) is 0 Å². The third kappa shape index (κ3) is 4.90. The topological polar surface area (TPSA) is 9.23 Å². The Morgan fingerprint density at radius 2 is 1.90 bits per heavy atom. The van der Waals surface area contributed by atoms with E-state index in [2.05, 4.69) is 30.3 Å². The number of thiocarbonyl (C=S) groups is 1. The highest BCUT2D eigenvalue weighted by Gasteiger charge is 2.23. The van der Waals surface area contributed by atoms with Crippen molar-refractivity contribution in [2.24, 2.45) is 11.8 Å². The number of ether oxygens (including phenoxy) is 1. The fourth-order valence-corrected chi connectivity index (χ4v) is 3.54. The molecule has 0 spiro atoms. The average Bonchev–Trinajstić information content (AvgIpc) is 2.49. The maximum absolute atomic E-state index is 5.65. The SMILES string of the molecule is CCOC(=S)[C@@H](Cc1ccccc1)CC1CCCCC1. The third-order valence-electron chi connectivity index (χ3n) is 4.29. The van der Waals surface area contributed by atoms with Crippen molar-refractivity contribution in [2.45, 2.75) is 51.9 Å². The molecule has 2 heteroatoms. The monoisotopic (exact) mass is 290 g/mol. The van der Waals surface area contributed by atoms with Crippen LogP contribution >= 0.6 is 12.2 Å².